The lowest BCUT2D eigenvalue weighted by Gasteiger charge is -2.28. The molecule has 0 aliphatic carbocycles. The molecule has 2 aliphatic rings. The van der Waals surface area contributed by atoms with Crippen LogP contribution in [0.3, 0.4) is 0 Å². The smallest absolute Gasteiger partial charge is 0.254 e. The predicted octanol–water partition coefficient (Wildman–Crippen LogP) is 1.68. The van der Waals surface area contributed by atoms with Crippen molar-refractivity contribution in [3.05, 3.63) is 29.3 Å². The van der Waals surface area contributed by atoms with Crippen molar-refractivity contribution in [3.63, 3.8) is 0 Å². The molecule has 0 spiro atoms. The van der Waals surface area contributed by atoms with Gasteiger partial charge in [-0.05, 0) is 50.4 Å². The molecule has 140 valence electrons. The molecular formula is C17H26ClN3O3S. The normalized spacial score (nSPS) is 23.0. The summed E-state index contributed by atoms with van der Waals surface area (Å²) in [5.41, 5.74) is 1.31. The van der Waals surface area contributed by atoms with Crippen LogP contribution in [0.25, 0.3) is 0 Å². The predicted molar refractivity (Wildman–Crippen MR) is 99.8 cm³/mol. The fraction of sp³-hybridized carbons (Fsp3) is 0.588. The van der Waals surface area contributed by atoms with Crippen LogP contribution >= 0.6 is 12.4 Å². The standard InChI is InChI=1S/C17H25N3O3S.ClH/c1-3-19-24(22,23)15-7-4-12(2)16(10-15)17(21)20-13-5-6-14(20)11-18-9-8-13;/h4,7,10,13-14,18-19H,3,5-6,8-9,11H2,1-2H3;1H. The molecule has 0 saturated carbocycles. The van der Waals surface area contributed by atoms with Gasteiger partial charge in [-0.1, -0.05) is 13.0 Å². The van der Waals surface area contributed by atoms with Gasteiger partial charge in [0, 0.05) is 30.7 Å². The summed E-state index contributed by atoms with van der Waals surface area (Å²) >= 11 is 0. The maximum absolute atomic E-state index is 13.2. The summed E-state index contributed by atoms with van der Waals surface area (Å²) in [5.74, 6) is -0.0442. The first-order valence-corrected chi connectivity index (χ1v) is 10.1. The van der Waals surface area contributed by atoms with Crippen molar-refractivity contribution in [1.82, 2.24) is 14.9 Å². The Morgan fingerprint density at radius 1 is 1.28 bits per heavy atom. The summed E-state index contributed by atoms with van der Waals surface area (Å²) in [4.78, 5) is 15.3. The van der Waals surface area contributed by atoms with Gasteiger partial charge in [-0.25, -0.2) is 13.1 Å². The second-order valence-electron chi connectivity index (χ2n) is 6.57. The number of hydrogen-bond donors (Lipinski definition) is 2. The van der Waals surface area contributed by atoms with Crippen molar-refractivity contribution in [1.29, 1.82) is 0 Å². The van der Waals surface area contributed by atoms with E-state index in [4.69, 9.17) is 0 Å². The van der Waals surface area contributed by atoms with Gasteiger partial charge in [-0.3, -0.25) is 4.79 Å². The number of aryl methyl sites for hydroxylation is 1. The van der Waals surface area contributed by atoms with E-state index in [0.717, 1.165) is 37.9 Å². The summed E-state index contributed by atoms with van der Waals surface area (Å²) in [6, 6.07) is 5.26. The van der Waals surface area contributed by atoms with Crippen molar-refractivity contribution >= 4 is 28.3 Å². The Labute approximate surface area is 155 Å². The summed E-state index contributed by atoms with van der Waals surface area (Å²) in [6.45, 7) is 5.66. The Kier molecular flexibility index (Phi) is 6.48. The highest BCUT2D eigenvalue weighted by molar-refractivity contribution is 7.89. The molecule has 2 heterocycles. The van der Waals surface area contributed by atoms with Gasteiger partial charge in [0.1, 0.15) is 0 Å². The van der Waals surface area contributed by atoms with Crippen LogP contribution < -0.4 is 10.0 Å². The van der Waals surface area contributed by atoms with Crippen LogP contribution in [0.4, 0.5) is 0 Å². The number of sulfonamides is 1. The lowest BCUT2D eigenvalue weighted by atomic mass is 10.1. The van der Waals surface area contributed by atoms with Crippen LogP contribution in [-0.4, -0.2) is 50.9 Å². The minimum atomic E-state index is -3.57. The molecular weight excluding hydrogens is 362 g/mol. The Morgan fingerprint density at radius 2 is 2.00 bits per heavy atom. The van der Waals surface area contributed by atoms with Gasteiger partial charge in [0.05, 0.1) is 4.90 Å². The molecule has 2 fully saturated rings. The van der Waals surface area contributed by atoms with Gasteiger partial charge in [0.25, 0.3) is 5.91 Å². The second kappa shape index (κ2) is 8.03. The van der Waals surface area contributed by atoms with Crippen molar-refractivity contribution in [2.45, 2.75) is 50.1 Å². The van der Waals surface area contributed by atoms with Crippen LogP contribution in [0.5, 0.6) is 0 Å². The fourth-order valence-corrected chi connectivity index (χ4v) is 4.79. The van der Waals surface area contributed by atoms with Gasteiger partial charge < -0.3 is 10.2 Å². The van der Waals surface area contributed by atoms with Crippen molar-refractivity contribution < 1.29 is 13.2 Å². The lowest BCUT2D eigenvalue weighted by Crippen LogP contribution is -2.42. The third-order valence-corrected chi connectivity index (χ3v) is 6.52. The number of nitrogens with one attached hydrogen (secondary N) is 2. The van der Waals surface area contributed by atoms with Gasteiger partial charge in [-0.15, -0.1) is 12.4 Å². The molecule has 1 aromatic carbocycles. The zero-order valence-corrected chi connectivity index (χ0v) is 16.3. The summed E-state index contributed by atoms with van der Waals surface area (Å²) < 4.78 is 27.0. The number of hydrogen-bond acceptors (Lipinski definition) is 4. The van der Waals surface area contributed by atoms with Crippen molar-refractivity contribution in [2.24, 2.45) is 0 Å². The Hall–Kier alpha value is -1.15. The molecule has 2 N–H and O–H groups in total. The molecule has 1 amide bonds. The number of carbonyl (C=O) groups is 1. The number of amides is 1. The monoisotopic (exact) mass is 387 g/mol. The summed E-state index contributed by atoms with van der Waals surface area (Å²) in [7, 11) is -3.57. The quantitative estimate of drug-likeness (QED) is 0.823. The molecule has 2 bridgehead atoms. The zero-order valence-electron chi connectivity index (χ0n) is 14.6. The fourth-order valence-electron chi connectivity index (χ4n) is 3.73. The number of fused-ring (bicyclic) bond motifs is 2. The summed E-state index contributed by atoms with van der Waals surface area (Å²) in [5, 5.41) is 3.38. The molecule has 6 nitrogen and oxygen atoms in total. The van der Waals surface area contributed by atoms with E-state index in [1.807, 2.05) is 11.8 Å². The van der Waals surface area contributed by atoms with Crippen molar-refractivity contribution in [3.8, 4) is 0 Å². The third kappa shape index (κ3) is 4.00. The van der Waals surface area contributed by atoms with Crippen LogP contribution in [0, 0.1) is 6.92 Å². The number of halogens is 1. The third-order valence-electron chi connectivity index (χ3n) is 4.97. The molecule has 3 rings (SSSR count). The van der Waals surface area contributed by atoms with E-state index in [0.29, 0.717) is 12.1 Å². The minimum Gasteiger partial charge on any atom is -0.331 e. The SMILES string of the molecule is CCNS(=O)(=O)c1ccc(C)c(C(=O)N2C3CCNCC2CC3)c1.Cl. The number of rotatable bonds is 4. The lowest BCUT2D eigenvalue weighted by molar-refractivity contribution is 0.0679. The first kappa shape index (κ1) is 20.2. The average molecular weight is 388 g/mol. The molecule has 2 aliphatic heterocycles. The van der Waals surface area contributed by atoms with E-state index in [-0.39, 0.29) is 35.3 Å². The van der Waals surface area contributed by atoms with E-state index in [1.54, 1.807) is 19.1 Å². The Morgan fingerprint density at radius 3 is 2.72 bits per heavy atom. The topological polar surface area (TPSA) is 78.5 Å². The van der Waals surface area contributed by atoms with E-state index >= 15 is 0 Å². The van der Waals surface area contributed by atoms with Gasteiger partial charge >= 0.3 is 0 Å². The van der Waals surface area contributed by atoms with Crippen molar-refractivity contribution in [2.75, 3.05) is 19.6 Å². The Bertz CT molecular complexity index is 725. The molecule has 8 heteroatoms. The van der Waals surface area contributed by atoms with E-state index in [2.05, 4.69) is 10.0 Å². The average Bonchev–Trinajstić information content (AvgIpc) is 2.80. The van der Waals surface area contributed by atoms with Crippen LogP contribution in [0.1, 0.15) is 42.1 Å². The number of nitrogens with zero attached hydrogens (tertiary/aromatic N) is 1. The molecule has 1 aromatic rings. The molecule has 0 aromatic heterocycles. The number of carbonyl (C=O) groups excluding carboxylic acids is 1. The first-order valence-electron chi connectivity index (χ1n) is 8.57. The minimum absolute atomic E-state index is 0. The second-order valence-corrected chi connectivity index (χ2v) is 8.34. The highest BCUT2D eigenvalue weighted by atomic mass is 35.5. The first-order chi connectivity index (χ1) is 11.4. The molecule has 2 atom stereocenters. The largest absolute Gasteiger partial charge is 0.331 e. The van der Waals surface area contributed by atoms with Crippen LogP contribution in [0.2, 0.25) is 0 Å². The van der Waals surface area contributed by atoms with Crippen LogP contribution in [-0.2, 0) is 10.0 Å². The summed E-state index contributed by atoms with van der Waals surface area (Å²) in [6.07, 6.45) is 3.00. The van der Waals surface area contributed by atoms with Gasteiger partial charge in [-0.2, -0.15) is 0 Å². The van der Waals surface area contributed by atoms with E-state index in [1.165, 1.54) is 6.07 Å². The maximum Gasteiger partial charge on any atom is 0.254 e. The van der Waals surface area contributed by atoms with Gasteiger partial charge in [0.2, 0.25) is 10.0 Å². The van der Waals surface area contributed by atoms with E-state index < -0.39 is 10.0 Å². The Balaban J connectivity index is 0.00000225. The number of benzene rings is 1. The zero-order chi connectivity index (χ0) is 17.3. The maximum atomic E-state index is 13.2. The highest BCUT2D eigenvalue weighted by Crippen LogP contribution is 2.30. The van der Waals surface area contributed by atoms with Crippen LogP contribution in [0.15, 0.2) is 23.1 Å². The molecule has 0 radical (unpaired) electrons. The highest BCUT2D eigenvalue weighted by Gasteiger charge is 2.38. The molecule has 25 heavy (non-hydrogen) atoms. The molecule has 2 saturated heterocycles. The van der Waals surface area contributed by atoms with Gasteiger partial charge in [0.15, 0.2) is 0 Å². The van der Waals surface area contributed by atoms with E-state index in [9.17, 15) is 13.2 Å². The molecule has 2 unspecified atom stereocenters.